The number of nitrogens with zero attached hydrogens (tertiary/aromatic N) is 2. The molecule has 20 heavy (non-hydrogen) atoms. The minimum absolute atomic E-state index is 0.692. The number of furan rings is 1. The quantitative estimate of drug-likeness (QED) is 0.908. The van der Waals surface area contributed by atoms with Gasteiger partial charge >= 0.3 is 0 Å². The zero-order chi connectivity index (χ0) is 13.8. The van der Waals surface area contributed by atoms with E-state index in [0.717, 1.165) is 43.6 Å². The van der Waals surface area contributed by atoms with E-state index in [-0.39, 0.29) is 0 Å². The van der Waals surface area contributed by atoms with E-state index in [1.165, 1.54) is 12.8 Å². The number of aromatic nitrogens is 1. The van der Waals surface area contributed by atoms with Crippen LogP contribution in [0.15, 0.2) is 33.4 Å². The van der Waals surface area contributed by atoms with Gasteiger partial charge in [0.05, 0.1) is 12.0 Å². The smallest absolute Gasteiger partial charge is 0.202 e. The second kappa shape index (κ2) is 6.24. The lowest BCUT2D eigenvalue weighted by Gasteiger charge is -2.27. The molecule has 5 heteroatoms. The number of hydrogen-bond donors (Lipinski definition) is 1. The summed E-state index contributed by atoms with van der Waals surface area (Å²) in [4.78, 5) is 2.31. The zero-order valence-electron chi connectivity index (χ0n) is 11.8. The molecule has 0 bridgehead atoms. The molecule has 1 atom stereocenters. The van der Waals surface area contributed by atoms with Crippen LogP contribution in [0.2, 0.25) is 0 Å². The highest BCUT2D eigenvalue weighted by Gasteiger charge is 2.16. The molecule has 2 aromatic heterocycles. The van der Waals surface area contributed by atoms with Crippen LogP contribution in [0.1, 0.15) is 18.5 Å². The van der Waals surface area contributed by atoms with Gasteiger partial charge in [-0.2, -0.15) is 0 Å². The largest absolute Gasteiger partial charge is 0.461 e. The Morgan fingerprint density at radius 1 is 1.45 bits per heavy atom. The number of nitrogens with one attached hydrogen (secondary N) is 1. The highest BCUT2D eigenvalue weighted by atomic mass is 16.5. The molecule has 1 aliphatic rings. The Hall–Kier alpha value is -1.59. The van der Waals surface area contributed by atoms with Crippen molar-refractivity contribution in [3.63, 3.8) is 0 Å². The fourth-order valence-corrected chi connectivity index (χ4v) is 2.78. The molecule has 1 aliphatic heterocycles. The Bertz CT molecular complexity index is 515. The fourth-order valence-electron chi connectivity index (χ4n) is 2.78. The van der Waals surface area contributed by atoms with Crippen molar-refractivity contribution in [1.82, 2.24) is 15.4 Å². The van der Waals surface area contributed by atoms with Gasteiger partial charge in [-0.1, -0.05) is 5.16 Å². The summed E-state index contributed by atoms with van der Waals surface area (Å²) in [7, 11) is 2.13. The topological polar surface area (TPSA) is 54.4 Å². The van der Waals surface area contributed by atoms with Gasteiger partial charge in [0.25, 0.3) is 0 Å². The van der Waals surface area contributed by atoms with Crippen LogP contribution in [0.25, 0.3) is 11.5 Å². The van der Waals surface area contributed by atoms with Crippen molar-refractivity contribution in [2.75, 3.05) is 26.7 Å². The Balaban J connectivity index is 1.54. The lowest BCUT2D eigenvalue weighted by atomic mass is 9.99. The van der Waals surface area contributed by atoms with E-state index < -0.39 is 0 Å². The van der Waals surface area contributed by atoms with Crippen LogP contribution in [-0.4, -0.2) is 36.7 Å². The fraction of sp³-hybridized carbons (Fsp3) is 0.533. The monoisotopic (exact) mass is 275 g/mol. The molecular weight excluding hydrogens is 254 g/mol. The Labute approximate surface area is 118 Å². The third kappa shape index (κ3) is 3.29. The van der Waals surface area contributed by atoms with Crippen molar-refractivity contribution >= 4 is 0 Å². The first-order chi connectivity index (χ1) is 9.81. The van der Waals surface area contributed by atoms with Gasteiger partial charge < -0.3 is 19.2 Å². The molecule has 0 radical (unpaired) electrons. The molecular formula is C15H21N3O2. The molecule has 1 unspecified atom stereocenters. The third-order valence-corrected chi connectivity index (χ3v) is 3.72. The molecule has 3 heterocycles. The van der Waals surface area contributed by atoms with Crippen LogP contribution >= 0.6 is 0 Å². The lowest BCUT2D eigenvalue weighted by Crippen LogP contribution is -2.36. The first-order valence-electron chi connectivity index (χ1n) is 7.20. The van der Waals surface area contributed by atoms with Crippen LogP contribution in [-0.2, 0) is 6.54 Å². The molecule has 0 amide bonds. The summed E-state index contributed by atoms with van der Waals surface area (Å²) >= 11 is 0. The molecule has 1 N–H and O–H groups in total. The molecule has 5 nitrogen and oxygen atoms in total. The molecule has 1 saturated heterocycles. The molecule has 0 saturated carbocycles. The van der Waals surface area contributed by atoms with Crippen molar-refractivity contribution in [2.24, 2.45) is 5.92 Å². The van der Waals surface area contributed by atoms with Gasteiger partial charge in [-0.15, -0.1) is 0 Å². The van der Waals surface area contributed by atoms with Gasteiger partial charge in [0.15, 0.2) is 5.76 Å². The lowest BCUT2D eigenvalue weighted by molar-refractivity contribution is 0.232. The molecule has 0 aliphatic carbocycles. The molecule has 0 aromatic carbocycles. The van der Waals surface area contributed by atoms with Crippen LogP contribution in [0.4, 0.5) is 0 Å². The highest BCUT2D eigenvalue weighted by molar-refractivity contribution is 5.49. The van der Waals surface area contributed by atoms with E-state index in [2.05, 4.69) is 22.4 Å². The van der Waals surface area contributed by atoms with Crippen LogP contribution in [0.5, 0.6) is 0 Å². The zero-order valence-corrected chi connectivity index (χ0v) is 11.8. The maximum absolute atomic E-state index is 5.32. The van der Waals surface area contributed by atoms with Crippen molar-refractivity contribution in [3.05, 3.63) is 30.2 Å². The van der Waals surface area contributed by atoms with E-state index >= 15 is 0 Å². The van der Waals surface area contributed by atoms with Crippen molar-refractivity contribution in [3.8, 4) is 11.5 Å². The highest BCUT2D eigenvalue weighted by Crippen LogP contribution is 2.21. The van der Waals surface area contributed by atoms with Gasteiger partial charge in [0, 0.05) is 19.2 Å². The van der Waals surface area contributed by atoms with Gasteiger partial charge in [-0.25, -0.2) is 0 Å². The van der Waals surface area contributed by atoms with E-state index in [1.54, 1.807) is 6.26 Å². The van der Waals surface area contributed by atoms with E-state index in [1.807, 2.05) is 18.2 Å². The van der Waals surface area contributed by atoms with E-state index in [9.17, 15) is 0 Å². The van der Waals surface area contributed by atoms with Gasteiger partial charge in [-0.05, 0) is 51.0 Å². The summed E-state index contributed by atoms with van der Waals surface area (Å²) in [6, 6.07) is 5.68. The predicted octanol–water partition coefficient (Wildman–Crippen LogP) is 2.37. The van der Waals surface area contributed by atoms with Crippen LogP contribution in [0.3, 0.4) is 0 Å². The maximum atomic E-state index is 5.32. The minimum atomic E-state index is 0.692. The molecule has 2 aromatic rings. The third-order valence-electron chi connectivity index (χ3n) is 3.72. The van der Waals surface area contributed by atoms with Crippen molar-refractivity contribution in [2.45, 2.75) is 19.4 Å². The van der Waals surface area contributed by atoms with Crippen LogP contribution < -0.4 is 5.32 Å². The summed E-state index contributed by atoms with van der Waals surface area (Å²) in [5, 5.41) is 7.57. The number of piperidine rings is 1. The van der Waals surface area contributed by atoms with Crippen LogP contribution in [0, 0.1) is 5.92 Å². The van der Waals surface area contributed by atoms with E-state index in [4.69, 9.17) is 8.94 Å². The normalized spacial score (nSPS) is 19.6. The molecule has 0 spiro atoms. The van der Waals surface area contributed by atoms with Crippen molar-refractivity contribution < 1.29 is 8.94 Å². The Morgan fingerprint density at radius 2 is 2.40 bits per heavy atom. The molecule has 108 valence electrons. The summed E-state index contributed by atoms with van der Waals surface area (Å²) in [6.45, 7) is 4.19. The second-order valence-corrected chi connectivity index (χ2v) is 5.57. The second-order valence-electron chi connectivity index (χ2n) is 5.57. The SMILES string of the molecule is CN(Cc1cc(-c2ccco2)on1)CC1CCCNC1. The molecule has 3 rings (SSSR count). The average Bonchev–Trinajstić information content (AvgIpc) is 3.10. The van der Waals surface area contributed by atoms with Gasteiger partial charge in [0.1, 0.15) is 0 Å². The first-order valence-corrected chi connectivity index (χ1v) is 7.20. The summed E-state index contributed by atoms with van der Waals surface area (Å²) < 4.78 is 10.6. The van der Waals surface area contributed by atoms with Crippen molar-refractivity contribution in [1.29, 1.82) is 0 Å². The number of hydrogen-bond acceptors (Lipinski definition) is 5. The summed E-state index contributed by atoms with van der Waals surface area (Å²) in [6.07, 6.45) is 4.23. The van der Waals surface area contributed by atoms with E-state index in [0.29, 0.717) is 5.76 Å². The average molecular weight is 275 g/mol. The van der Waals surface area contributed by atoms with Gasteiger partial charge in [-0.3, -0.25) is 0 Å². The standard InChI is InChI=1S/C15H21N3O2/c1-18(10-12-4-2-6-16-9-12)11-13-8-15(20-17-13)14-5-3-7-19-14/h3,5,7-8,12,16H,2,4,6,9-11H2,1H3. The maximum Gasteiger partial charge on any atom is 0.202 e. The number of rotatable bonds is 5. The summed E-state index contributed by atoms with van der Waals surface area (Å²) in [5.41, 5.74) is 0.947. The Morgan fingerprint density at radius 3 is 3.15 bits per heavy atom. The Kier molecular flexibility index (Phi) is 4.18. The minimum Gasteiger partial charge on any atom is -0.461 e. The predicted molar refractivity (Wildman–Crippen MR) is 76.1 cm³/mol. The van der Waals surface area contributed by atoms with Gasteiger partial charge in [0.2, 0.25) is 5.76 Å². The first kappa shape index (κ1) is 13.4. The summed E-state index contributed by atoms with van der Waals surface area (Å²) in [5.74, 6) is 2.16. The molecule has 1 fully saturated rings.